The summed E-state index contributed by atoms with van der Waals surface area (Å²) in [6, 6.07) is -0.319. The summed E-state index contributed by atoms with van der Waals surface area (Å²) >= 11 is 0. The second-order valence-electron chi connectivity index (χ2n) is 6.23. The molecular formula is C14H24N2O4. The van der Waals surface area contributed by atoms with Gasteiger partial charge >= 0.3 is 12.0 Å². The molecule has 1 aliphatic rings. The number of carboxylic acid groups (broad SMARTS) is 1. The molecule has 6 heteroatoms. The van der Waals surface area contributed by atoms with Gasteiger partial charge in [-0.3, -0.25) is 14.9 Å². The lowest BCUT2D eigenvalue weighted by Crippen LogP contribution is -2.43. The fourth-order valence-electron chi connectivity index (χ4n) is 2.53. The van der Waals surface area contributed by atoms with Crippen LogP contribution in [0.15, 0.2) is 0 Å². The van der Waals surface area contributed by atoms with Crippen LogP contribution in [-0.2, 0) is 9.59 Å². The lowest BCUT2D eigenvalue weighted by molar-refractivity contribution is -0.137. The Morgan fingerprint density at radius 1 is 1.20 bits per heavy atom. The molecule has 1 fully saturated rings. The molecule has 0 aromatic carbocycles. The topological polar surface area (TPSA) is 95.5 Å². The Hall–Kier alpha value is -1.59. The van der Waals surface area contributed by atoms with Crippen molar-refractivity contribution in [2.45, 2.75) is 64.8 Å². The zero-order chi connectivity index (χ0) is 15.2. The SMILES string of the molecule is CC1(C)CCC(NC(=O)NC(=O)CCCCC(=O)O)C1. The number of hydrogen-bond donors (Lipinski definition) is 3. The van der Waals surface area contributed by atoms with E-state index >= 15 is 0 Å². The fourth-order valence-corrected chi connectivity index (χ4v) is 2.53. The Morgan fingerprint density at radius 3 is 2.40 bits per heavy atom. The first-order valence-corrected chi connectivity index (χ1v) is 7.11. The third-order valence-electron chi connectivity index (χ3n) is 3.60. The summed E-state index contributed by atoms with van der Waals surface area (Å²) < 4.78 is 0. The molecule has 1 rings (SSSR count). The van der Waals surface area contributed by atoms with Gasteiger partial charge in [0.05, 0.1) is 0 Å². The number of hydrogen-bond acceptors (Lipinski definition) is 3. The number of imide groups is 1. The lowest BCUT2D eigenvalue weighted by Gasteiger charge is -2.17. The van der Waals surface area contributed by atoms with Gasteiger partial charge in [-0.25, -0.2) is 4.79 Å². The fraction of sp³-hybridized carbons (Fsp3) is 0.786. The zero-order valence-corrected chi connectivity index (χ0v) is 12.2. The molecule has 0 bridgehead atoms. The second-order valence-corrected chi connectivity index (χ2v) is 6.23. The first kappa shape index (κ1) is 16.5. The summed E-state index contributed by atoms with van der Waals surface area (Å²) in [6.45, 7) is 4.33. The average molecular weight is 284 g/mol. The van der Waals surface area contributed by atoms with E-state index in [9.17, 15) is 14.4 Å². The number of carboxylic acids is 1. The van der Waals surface area contributed by atoms with Crippen LogP contribution in [0.2, 0.25) is 0 Å². The van der Waals surface area contributed by atoms with Crippen molar-refractivity contribution in [3.8, 4) is 0 Å². The number of amides is 3. The standard InChI is InChI=1S/C14H24N2O4/c1-14(2)8-7-10(9-14)15-13(20)16-11(17)5-3-4-6-12(18)19/h10H,3-9H2,1-2H3,(H,18,19)(H2,15,16,17,20). The molecule has 0 aromatic heterocycles. The van der Waals surface area contributed by atoms with Gasteiger partial charge in [-0.05, 0) is 37.5 Å². The third-order valence-corrected chi connectivity index (χ3v) is 3.60. The average Bonchev–Trinajstić information content (AvgIpc) is 2.63. The van der Waals surface area contributed by atoms with Gasteiger partial charge < -0.3 is 10.4 Å². The maximum absolute atomic E-state index is 11.6. The summed E-state index contributed by atoms with van der Waals surface area (Å²) in [6.07, 6.45) is 4.08. The number of carbonyl (C=O) groups is 3. The van der Waals surface area contributed by atoms with E-state index in [0.717, 1.165) is 19.3 Å². The Labute approximate surface area is 119 Å². The van der Waals surface area contributed by atoms with Gasteiger partial charge in [0.25, 0.3) is 0 Å². The van der Waals surface area contributed by atoms with Crippen LogP contribution in [0.25, 0.3) is 0 Å². The molecule has 0 radical (unpaired) electrons. The van der Waals surface area contributed by atoms with Crippen molar-refractivity contribution in [1.82, 2.24) is 10.6 Å². The number of unbranched alkanes of at least 4 members (excludes halogenated alkanes) is 1. The molecule has 0 saturated heterocycles. The van der Waals surface area contributed by atoms with Crippen LogP contribution in [0.4, 0.5) is 4.79 Å². The van der Waals surface area contributed by atoms with E-state index < -0.39 is 12.0 Å². The van der Waals surface area contributed by atoms with Crippen LogP contribution in [-0.4, -0.2) is 29.1 Å². The lowest BCUT2D eigenvalue weighted by atomic mass is 9.92. The largest absolute Gasteiger partial charge is 0.481 e. The van der Waals surface area contributed by atoms with Crippen molar-refractivity contribution in [3.63, 3.8) is 0 Å². The molecule has 1 aliphatic carbocycles. The Balaban J connectivity index is 2.15. The molecule has 20 heavy (non-hydrogen) atoms. The first-order valence-electron chi connectivity index (χ1n) is 7.11. The quantitative estimate of drug-likeness (QED) is 0.650. The van der Waals surface area contributed by atoms with Gasteiger partial charge in [0, 0.05) is 18.9 Å². The van der Waals surface area contributed by atoms with Gasteiger partial charge in [0.1, 0.15) is 0 Å². The number of urea groups is 1. The van der Waals surface area contributed by atoms with Crippen LogP contribution < -0.4 is 10.6 Å². The van der Waals surface area contributed by atoms with Crippen LogP contribution >= 0.6 is 0 Å². The molecular weight excluding hydrogens is 260 g/mol. The number of rotatable bonds is 6. The molecule has 1 atom stereocenters. The Kier molecular flexibility index (Phi) is 5.98. The number of carbonyl (C=O) groups excluding carboxylic acids is 2. The molecule has 1 saturated carbocycles. The van der Waals surface area contributed by atoms with E-state index in [1.165, 1.54) is 0 Å². The van der Waals surface area contributed by atoms with Crippen LogP contribution in [0, 0.1) is 5.41 Å². The van der Waals surface area contributed by atoms with Crippen LogP contribution in [0.3, 0.4) is 0 Å². The highest BCUT2D eigenvalue weighted by molar-refractivity contribution is 5.94. The van der Waals surface area contributed by atoms with Gasteiger partial charge in [-0.1, -0.05) is 13.8 Å². The van der Waals surface area contributed by atoms with Crippen molar-refractivity contribution in [2.75, 3.05) is 0 Å². The number of aliphatic carboxylic acids is 1. The molecule has 114 valence electrons. The van der Waals surface area contributed by atoms with E-state index in [-0.39, 0.29) is 30.2 Å². The molecule has 0 aliphatic heterocycles. The van der Waals surface area contributed by atoms with Crippen molar-refractivity contribution < 1.29 is 19.5 Å². The molecule has 1 unspecified atom stereocenters. The molecule has 0 aromatic rings. The highest BCUT2D eigenvalue weighted by atomic mass is 16.4. The van der Waals surface area contributed by atoms with Crippen molar-refractivity contribution in [1.29, 1.82) is 0 Å². The highest BCUT2D eigenvalue weighted by Gasteiger charge is 2.31. The molecule has 3 amide bonds. The Morgan fingerprint density at radius 2 is 1.85 bits per heavy atom. The van der Waals surface area contributed by atoms with E-state index in [4.69, 9.17) is 5.11 Å². The van der Waals surface area contributed by atoms with Crippen LogP contribution in [0.1, 0.15) is 58.8 Å². The smallest absolute Gasteiger partial charge is 0.321 e. The summed E-state index contributed by atoms with van der Waals surface area (Å²) in [7, 11) is 0. The molecule has 6 nitrogen and oxygen atoms in total. The van der Waals surface area contributed by atoms with Crippen molar-refractivity contribution >= 4 is 17.9 Å². The molecule has 0 heterocycles. The van der Waals surface area contributed by atoms with Crippen molar-refractivity contribution in [2.24, 2.45) is 5.41 Å². The molecule has 0 spiro atoms. The second kappa shape index (κ2) is 7.26. The van der Waals surface area contributed by atoms with E-state index in [1.807, 2.05) is 0 Å². The normalized spacial score (nSPS) is 20.4. The third kappa shape index (κ3) is 6.54. The predicted molar refractivity (Wildman–Crippen MR) is 74.2 cm³/mol. The zero-order valence-electron chi connectivity index (χ0n) is 12.2. The summed E-state index contributed by atoms with van der Waals surface area (Å²) in [5, 5.41) is 13.6. The minimum atomic E-state index is -0.869. The number of nitrogens with one attached hydrogen (secondary N) is 2. The van der Waals surface area contributed by atoms with E-state index in [0.29, 0.717) is 12.8 Å². The van der Waals surface area contributed by atoms with Gasteiger partial charge in [0.15, 0.2) is 0 Å². The summed E-state index contributed by atoms with van der Waals surface area (Å²) in [4.78, 5) is 33.4. The van der Waals surface area contributed by atoms with Gasteiger partial charge in [-0.15, -0.1) is 0 Å². The predicted octanol–water partition coefficient (Wildman–Crippen LogP) is 2.04. The van der Waals surface area contributed by atoms with E-state index in [1.54, 1.807) is 0 Å². The van der Waals surface area contributed by atoms with E-state index in [2.05, 4.69) is 24.5 Å². The monoisotopic (exact) mass is 284 g/mol. The van der Waals surface area contributed by atoms with Gasteiger partial charge in [-0.2, -0.15) is 0 Å². The van der Waals surface area contributed by atoms with Crippen molar-refractivity contribution in [3.05, 3.63) is 0 Å². The molecule has 3 N–H and O–H groups in total. The minimum absolute atomic E-state index is 0.0522. The first-order chi connectivity index (χ1) is 9.28. The van der Waals surface area contributed by atoms with Gasteiger partial charge in [0.2, 0.25) is 5.91 Å². The maximum atomic E-state index is 11.6. The minimum Gasteiger partial charge on any atom is -0.481 e. The highest BCUT2D eigenvalue weighted by Crippen LogP contribution is 2.36. The van der Waals surface area contributed by atoms with Crippen LogP contribution in [0.5, 0.6) is 0 Å². The maximum Gasteiger partial charge on any atom is 0.321 e. The Bertz CT molecular complexity index is 379. The summed E-state index contributed by atoms with van der Waals surface area (Å²) in [5.74, 6) is -1.22. The summed E-state index contributed by atoms with van der Waals surface area (Å²) in [5.41, 5.74) is 0.249.